The second-order valence-corrected chi connectivity index (χ2v) is 8.78. The highest BCUT2D eigenvalue weighted by Crippen LogP contribution is 2.47. The standard InChI is InChI=1S/C24H24F2N4O2/c1-13(2)22-28-11-15(12-29-22)23(31)30-21-17(18-8-16(25)4-5-19(18)26)6-7-27-20(21)14-9-24(3,32)10-14/h4-8,11-14,32H,9-10H2,1-3H3,(H,30,31). The van der Waals surface area contributed by atoms with Crippen molar-refractivity contribution in [3.63, 3.8) is 0 Å². The minimum atomic E-state index is -0.825. The number of rotatable bonds is 5. The van der Waals surface area contributed by atoms with Crippen molar-refractivity contribution in [2.75, 3.05) is 5.32 Å². The molecule has 0 spiro atoms. The van der Waals surface area contributed by atoms with Gasteiger partial charge in [0.1, 0.15) is 17.5 Å². The lowest BCUT2D eigenvalue weighted by atomic mass is 9.70. The summed E-state index contributed by atoms with van der Waals surface area (Å²) in [5.74, 6) is -1.10. The molecule has 1 aromatic carbocycles. The van der Waals surface area contributed by atoms with Gasteiger partial charge >= 0.3 is 0 Å². The highest BCUT2D eigenvalue weighted by molar-refractivity contribution is 6.06. The maximum Gasteiger partial charge on any atom is 0.258 e. The van der Waals surface area contributed by atoms with E-state index in [1.165, 1.54) is 24.7 Å². The molecule has 1 amide bonds. The van der Waals surface area contributed by atoms with E-state index < -0.39 is 23.1 Å². The number of benzene rings is 1. The van der Waals surface area contributed by atoms with Crippen molar-refractivity contribution in [3.05, 3.63) is 71.6 Å². The molecule has 2 heterocycles. The molecule has 0 saturated heterocycles. The Morgan fingerprint density at radius 2 is 1.81 bits per heavy atom. The van der Waals surface area contributed by atoms with Crippen LogP contribution in [0.4, 0.5) is 14.5 Å². The van der Waals surface area contributed by atoms with E-state index in [4.69, 9.17) is 0 Å². The van der Waals surface area contributed by atoms with Crippen LogP contribution in [-0.4, -0.2) is 31.6 Å². The molecule has 0 atom stereocenters. The topological polar surface area (TPSA) is 88.0 Å². The molecular weight excluding hydrogens is 414 g/mol. The van der Waals surface area contributed by atoms with E-state index in [9.17, 15) is 18.7 Å². The fourth-order valence-corrected chi connectivity index (χ4v) is 3.98. The van der Waals surface area contributed by atoms with Crippen LogP contribution in [0.1, 0.15) is 67.3 Å². The lowest BCUT2D eigenvalue weighted by Gasteiger charge is -2.41. The number of carbonyl (C=O) groups excluding carboxylic acids is 1. The van der Waals surface area contributed by atoms with E-state index in [0.29, 0.717) is 29.9 Å². The number of amides is 1. The number of anilines is 1. The molecule has 0 unspecified atom stereocenters. The van der Waals surface area contributed by atoms with Gasteiger partial charge in [-0.3, -0.25) is 9.78 Å². The minimum absolute atomic E-state index is 0.0152. The molecule has 0 radical (unpaired) electrons. The fraction of sp³-hybridized carbons (Fsp3) is 0.333. The van der Waals surface area contributed by atoms with E-state index in [-0.39, 0.29) is 28.7 Å². The van der Waals surface area contributed by atoms with Crippen LogP contribution < -0.4 is 5.32 Å². The molecule has 6 nitrogen and oxygen atoms in total. The molecule has 2 aromatic heterocycles. The van der Waals surface area contributed by atoms with Gasteiger partial charge in [0, 0.05) is 41.6 Å². The highest BCUT2D eigenvalue weighted by Gasteiger charge is 2.41. The first kappa shape index (κ1) is 22.0. The molecule has 32 heavy (non-hydrogen) atoms. The monoisotopic (exact) mass is 438 g/mol. The lowest BCUT2D eigenvalue weighted by Crippen LogP contribution is -2.40. The van der Waals surface area contributed by atoms with Crippen molar-refractivity contribution >= 4 is 11.6 Å². The molecule has 1 fully saturated rings. The van der Waals surface area contributed by atoms with Gasteiger partial charge in [0.05, 0.1) is 22.5 Å². The Morgan fingerprint density at radius 3 is 2.44 bits per heavy atom. The first-order valence-corrected chi connectivity index (χ1v) is 10.4. The Kier molecular flexibility index (Phi) is 5.73. The molecule has 1 saturated carbocycles. The summed E-state index contributed by atoms with van der Waals surface area (Å²) in [4.78, 5) is 25.9. The van der Waals surface area contributed by atoms with Crippen LogP contribution >= 0.6 is 0 Å². The maximum atomic E-state index is 14.6. The fourth-order valence-electron chi connectivity index (χ4n) is 3.98. The highest BCUT2D eigenvalue weighted by atomic mass is 19.1. The van der Waals surface area contributed by atoms with E-state index in [1.54, 1.807) is 6.92 Å². The smallest absolute Gasteiger partial charge is 0.258 e. The number of halogens is 2. The number of hydrogen-bond acceptors (Lipinski definition) is 5. The zero-order chi connectivity index (χ0) is 23.0. The molecule has 166 valence electrons. The number of pyridine rings is 1. The Bertz CT molecular complexity index is 1160. The van der Waals surface area contributed by atoms with Gasteiger partial charge in [0.2, 0.25) is 0 Å². The van der Waals surface area contributed by atoms with Gasteiger partial charge in [-0.15, -0.1) is 0 Å². The molecule has 2 N–H and O–H groups in total. The lowest BCUT2D eigenvalue weighted by molar-refractivity contribution is -0.0321. The predicted molar refractivity (Wildman–Crippen MR) is 116 cm³/mol. The van der Waals surface area contributed by atoms with E-state index in [1.807, 2.05) is 13.8 Å². The third-order valence-electron chi connectivity index (χ3n) is 5.65. The molecule has 0 bridgehead atoms. The van der Waals surface area contributed by atoms with Crippen molar-refractivity contribution in [3.8, 4) is 11.1 Å². The number of nitrogens with one attached hydrogen (secondary N) is 1. The first-order valence-electron chi connectivity index (χ1n) is 10.4. The Hall–Kier alpha value is -3.26. The summed E-state index contributed by atoms with van der Waals surface area (Å²) < 4.78 is 28.5. The number of aliphatic hydroxyl groups is 1. The Labute approximate surface area is 184 Å². The van der Waals surface area contributed by atoms with Crippen LogP contribution in [0.25, 0.3) is 11.1 Å². The van der Waals surface area contributed by atoms with Crippen molar-refractivity contribution in [2.45, 2.75) is 51.0 Å². The van der Waals surface area contributed by atoms with Gasteiger partial charge in [0.15, 0.2) is 0 Å². The van der Waals surface area contributed by atoms with Crippen LogP contribution in [0, 0.1) is 11.6 Å². The quantitative estimate of drug-likeness (QED) is 0.596. The summed E-state index contributed by atoms with van der Waals surface area (Å²) in [5.41, 5.74) is 0.540. The van der Waals surface area contributed by atoms with Gasteiger partial charge in [-0.1, -0.05) is 13.8 Å². The summed E-state index contributed by atoms with van der Waals surface area (Å²) in [5, 5.41) is 13.0. The molecule has 4 rings (SSSR count). The van der Waals surface area contributed by atoms with Gasteiger partial charge in [-0.25, -0.2) is 18.7 Å². The summed E-state index contributed by atoms with van der Waals surface area (Å²) in [7, 11) is 0. The average molecular weight is 438 g/mol. The van der Waals surface area contributed by atoms with E-state index in [0.717, 1.165) is 18.2 Å². The number of aromatic nitrogens is 3. The SMILES string of the molecule is CC(C)c1ncc(C(=O)Nc2c(-c3cc(F)ccc3F)ccnc2C2CC(C)(O)C2)cn1. The summed E-state index contributed by atoms with van der Waals surface area (Å²) in [6.07, 6.45) is 5.27. The van der Waals surface area contributed by atoms with Crippen LogP contribution in [0.5, 0.6) is 0 Å². The molecule has 1 aliphatic carbocycles. The second kappa shape index (κ2) is 8.35. The Balaban J connectivity index is 1.76. The molecule has 8 heteroatoms. The van der Waals surface area contributed by atoms with E-state index >= 15 is 0 Å². The average Bonchev–Trinajstić information content (AvgIpc) is 2.74. The normalized spacial score (nSPS) is 20.2. The van der Waals surface area contributed by atoms with E-state index in [2.05, 4.69) is 20.3 Å². The van der Waals surface area contributed by atoms with Crippen LogP contribution in [0.3, 0.4) is 0 Å². The minimum Gasteiger partial charge on any atom is -0.390 e. The van der Waals surface area contributed by atoms with Crippen LogP contribution in [0.2, 0.25) is 0 Å². The Morgan fingerprint density at radius 1 is 1.12 bits per heavy atom. The van der Waals surface area contributed by atoms with Gasteiger partial charge < -0.3 is 10.4 Å². The molecule has 1 aliphatic rings. The number of hydrogen-bond donors (Lipinski definition) is 2. The largest absolute Gasteiger partial charge is 0.390 e. The summed E-state index contributed by atoms with van der Waals surface area (Å²) >= 11 is 0. The molecular formula is C24H24F2N4O2. The van der Waals surface area contributed by atoms with Gasteiger partial charge in [-0.05, 0) is 44.0 Å². The maximum absolute atomic E-state index is 14.6. The van der Waals surface area contributed by atoms with Gasteiger partial charge in [0.25, 0.3) is 5.91 Å². The molecule has 0 aliphatic heterocycles. The summed E-state index contributed by atoms with van der Waals surface area (Å²) in [6, 6.07) is 4.70. The second-order valence-electron chi connectivity index (χ2n) is 8.78. The van der Waals surface area contributed by atoms with Crippen molar-refractivity contribution in [1.82, 2.24) is 15.0 Å². The molecule has 3 aromatic rings. The zero-order valence-corrected chi connectivity index (χ0v) is 18.1. The third-order valence-corrected chi connectivity index (χ3v) is 5.65. The zero-order valence-electron chi connectivity index (χ0n) is 18.1. The van der Waals surface area contributed by atoms with Gasteiger partial charge in [-0.2, -0.15) is 0 Å². The summed E-state index contributed by atoms with van der Waals surface area (Å²) in [6.45, 7) is 5.63. The predicted octanol–water partition coefficient (Wildman–Crippen LogP) is 4.82. The van der Waals surface area contributed by atoms with Crippen molar-refractivity contribution < 1.29 is 18.7 Å². The number of nitrogens with zero attached hydrogens (tertiary/aromatic N) is 3. The third kappa shape index (κ3) is 4.36. The van der Waals surface area contributed by atoms with Crippen LogP contribution in [0.15, 0.2) is 42.9 Å². The van der Waals surface area contributed by atoms with Crippen molar-refractivity contribution in [2.24, 2.45) is 0 Å². The van der Waals surface area contributed by atoms with Crippen molar-refractivity contribution in [1.29, 1.82) is 0 Å². The number of carbonyl (C=O) groups is 1. The van der Waals surface area contributed by atoms with Crippen LogP contribution in [-0.2, 0) is 0 Å². The first-order chi connectivity index (χ1) is 15.1.